The van der Waals surface area contributed by atoms with Crippen LogP contribution in [0.1, 0.15) is 28.8 Å². The lowest BCUT2D eigenvalue weighted by molar-refractivity contribution is -0.358. The summed E-state index contributed by atoms with van der Waals surface area (Å²) in [5.74, 6) is -15.8. The van der Waals surface area contributed by atoms with Crippen LogP contribution in [0.5, 0.6) is 5.88 Å². The summed E-state index contributed by atoms with van der Waals surface area (Å²) in [5, 5.41) is 9.67. The highest BCUT2D eigenvalue weighted by Gasteiger charge is 2.73. The fourth-order valence-corrected chi connectivity index (χ4v) is 3.78. The molecule has 0 spiro atoms. The molecule has 2 heterocycles. The van der Waals surface area contributed by atoms with E-state index >= 15 is 0 Å². The number of aromatic nitrogens is 4. The van der Waals surface area contributed by atoms with Crippen LogP contribution in [0, 0.1) is 0 Å². The molecule has 1 aliphatic rings. The predicted octanol–water partition coefficient (Wildman–Crippen LogP) is 5.34. The minimum absolute atomic E-state index is 0.00238. The van der Waals surface area contributed by atoms with E-state index < -0.39 is 59.6 Å². The van der Waals surface area contributed by atoms with Crippen LogP contribution in [-0.2, 0) is 13.2 Å². The van der Waals surface area contributed by atoms with Crippen LogP contribution in [0.15, 0.2) is 30.6 Å². The van der Waals surface area contributed by atoms with Crippen molar-refractivity contribution in [3.8, 4) is 22.8 Å². The predicted molar refractivity (Wildman–Crippen MR) is 121 cm³/mol. The van der Waals surface area contributed by atoms with E-state index in [1.165, 1.54) is 18.2 Å². The molecule has 4 rings (SSSR count). The zero-order valence-electron chi connectivity index (χ0n) is 20.3. The molecule has 41 heavy (non-hydrogen) atoms. The number of benzene rings is 1. The highest BCUT2D eigenvalue weighted by atomic mass is 35.5. The van der Waals surface area contributed by atoms with Crippen LogP contribution < -0.4 is 15.8 Å². The molecule has 1 amide bonds. The number of alkyl halides is 10. The first-order valence-electron chi connectivity index (χ1n) is 11.2. The number of hydrogen-bond acceptors (Lipinski definition) is 5. The second-order valence-corrected chi connectivity index (χ2v) is 9.58. The number of carbonyl (C=O) groups is 1. The topological polar surface area (TPSA) is 100.0 Å². The fourth-order valence-electron chi connectivity index (χ4n) is 3.58. The Morgan fingerprint density at radius 2 is 1.73 bits per heavy atom. The molecule has 1 saturated carbocycles. The molecule has 1 aliphatic carbocycles. The van der Waals surface area contributed by atoms with Crippen molar-refractivity contribution in [2.45, 2.75) is 42.7 Å². The fraction of sp³-hybridized carbons (Fsp3) is 0.409. The number of nitrogens with one attached hydrogen (secondary N) is 1. The summed E-state index contributed by atoms with van der Waals surface area (Å²) in [4.78, 5) is 12.6. The molecule has 224 valence electrons. The van der Waals surface area contributed by atoms with Crippen molar-refractivity contribution in [3.63, 3.8) is 0 Å². The number of halogens is 11. The minimum atomic E-state index is -6.71. The largest absolute Gasteiger partial charge is 0.469 e. The highest BCUT2D eigenvalue weighted by Crippen LogP contribution is 2.47. The first kappa shape index (κ1) is 30.4. The number of carbonyl (C=O) groups excluding carboxylic acids is 1. The van der Waals surface area contributed by atoms with Gasteiger partial charge in [0.05, 0.1) is 22.4 Å². The average Bonchev–Trinajstić information content (AvgIpc) is 3.23. The number of nitrogens with zero attached hydrogens (tertiary/aromatic N) is 4. The van der Waals surface area contributed by atoms with Gasteiger partial charge in [-0.1, -0.05) is 17.7 Å². The van der Waals surface area contributed by atoms with Gasteiger partial charge in [0.1, 0.15) is 0 Å². The van der Waals surface area contributed by atoms with Crippen LogP contribution in [0.4, 0.5) is 43.9 Å². The molecule has 0 atom stereocenters. The Morgan fingerprint density at radius 3 is 2.29 bits per heavy atom. The van der Waals surface area contributed by atoms with Crippen LogP contribution in [0.2, 0.25) is 5.02 Å². The summed E-state index contributed by atoms with van der Waals surface area (Å²) >= 11 is 6.10. The lowest BCUT2D eigenvalue weighted by atomic mass is 10.1. The molecular weight excluding hydrogens is 606 g/mol. The molecule has 0 saturated heterocycles. The van der Waals surface area contributed by atoms with Crippen molar-refractivity contribution in [3.05, 3.63) is 46.7 Å². The molecule has 19 heteroatoms. The van der Waals surface area contributed by atoms with Gasteiger partial charge < -0.3 is 15.8 Å². The number of aryl methyl sites for hydroxylation is 1. The zero-order valence-corrected chi connectivity index (χ0v) is 21.1. The molecular formula is C22H17ClF10N6O2. The zero-order chi connectivity index (χ0) is 30.8. The third kappa shape index (κ3) is 5.79. The van der Waals surface area contributed by atoms with Crippen LogP contribution >= 0.6 is 11.6 Å². The summed E-state index contributed by atoms with van der Waals surface area (Å²) in [5.41, 5.74) is 3.51. The molecule has 8 nitrogen and oxygen atoms in total. The molecule has 3 N–H and O–H groups in total. The van der Waals surface area contributed by atoms with Crippen LogP contribution in [0.25, 0.3) is 16.9 Å². The Bertz CT molecular complexity index is 1480. The first-order valence-corrected chi connectivity index (χ1v) is 11.6. The van der Waals surface area contributed by atoms with Crippen molar-refractivity contribution in [1.82, 2.24) is 24.9 Å². The van der Waals surface area contributed by atoms with Gasteiger partial charge in [0, 0.05) is 18.8 Å². The van der Waals surface area contributed by atoms with Gasteiger partial charge in [-0.25, -0.2) is 9.36 Å². The SMILES string of the molecule is Cn1nc(OCC(F)(F)C(F)(F)C(F)(F)F)c(C(F)(F)F)c1-n1cc(-c2ccc(Cl)c(C(=O)NC3(N)CC3)c2)cn1. The Labute approximate surface area is 228 Å². The van der Waals surface area contributed by atoms with Crippen molar-refractivity contribution in [2.24, 2.45) is 12.8 Å². The minimum Gasteiger partial charge on any atom is -0.469 e. The van der Waals surface area contributed by atoms with E-state index in [4.69, 9.17) is 17.3 Å². The Kier molecular flexibility index (Phi) is 7.26. The van der Waals surface area contributed by atoms with Gasteiger partial charge in [-0.05, 0) is 30.5 Å². The molecule has 0 bridgehead atoms. The Hall–Kier alpha value is -3.54. The smallest absolute Gasteiger partial charge is 0.460 e. The van der Waals surface area contributed by atoms with Gasteiger partial charge in [0.25, 0.3) is 5.91 Å². The lowest BCUT2D eigenvalue weighted by Gasteiger charge is -2.27. The summed E-state index contributed by atoms with van der Waals surface area (Å²) < 4.78 is 138. The second-order valence-electron chi connectivity index (χ2n) is 9.17. The van der Waals surface area contributed by atoms with Crippen LogP contribution in [-0.4, -0.2) is 55.8 Å². The number of hydrogen-bond donors (Lipinski definition) is 2. The van der Waals surface area contributed by atoms with Gasteiger partial charge in [-0.2, -0.15) is 49.0 Å². The van der Waals surface area contributed by atoms with E-state index in [1.54, 1.807) is 0 Å². The standard InChI is InChI=1S/C22H17ClF10N6O2/c1-38-17(14(20(26,27)28)16(37-38)41-9-19(24,25)21(29,30)22(31,32)33)39-8-11(7-35-39)10-2-3-13(23)12(6-10)15(40)36-18(34)4-5-18/h2-3,6-8H,4-5,9,34H2,1H3,(H,36,40). The van der Waals surface area contributed by atoms with Gasteiger partial charge in [0.15, 0.2) is 18.0 Å². The maximum absolute atomic E-state index is 13.9. The van der Waals surface area contributed by atoms with E-state index in [0.717, 1.165) is 19.4 Å². The quantitative estimate of drug-likeness (QED) is 0.261. The summed E-state index contributed by atoms with van der Waals surface area (Å²) in [6.45, 7) is -2.77. The van der Waals surface area contributed by atoms with E-state index in [2.05, 4.69) is 20.3 Å². The second kappa shape index (κ2) is 9.78. The third-order valence-corrected chi connectivity index (χ3v) is 6.30. The monoisotopic (exact) mass is 622 g/mol. The Morgan fingerprint density at radius 1 is 1.10 bits per heavy atom. The van der Waals surface area contributed by atoms with E-state index in [9.17, 15) is 48.7 Å². The molecule has 0 aliphatic heterocycles. The maximum atomic E-state index is 13.9. The normalized spacial score (nSPS) is 15.6. The molecule has 1 aromatic carbocycles. The first-order chi connectivity index (χ1) is 18.7. The van der Waals surface area contributed by atoms with Crippen molar-refractivity contribution in [2.75, 3.05) is 6.61 Å². The van der Waals surface area contributed by atoms with E-state index in [-0.39, 0.29) is 21.7 Å². The van der Waals surface area contributed by atoms with E-state index in [1.807, 2.05) is 0 Å². The molecule has 2 aromatic heterocycles. The van der Waals surface area contributed by atoms with Gasteiger partial charge in [-0.3, -0.25) is 4.79 Å². The molecule has 0 unspecified atom stereocenters. The summed E-state index contributed by atoms with van der Waals surface area (Å²) in [6.07, 6.45) is -8.94. The van der Waals surface area contributed by atoms with Crippen LogP contribution in [0.3, 0.4) is 0 Å². The van der Waals surface area contributed by atoms with E-state index in [0.29, 0.717) is 22.2 Å². The molecule has 0 radical (unpaired) electrons. The van der Waals surface area contributed by atoms with Gasteiger partial charge in [-0.15, -0.1) is 5.10 Å². The van der Waals surface area contributed by atoms with Gasteiger partial charge in [0.2, 0.25) is 5.88 Å². The van der Waals surface area contributed by atoms with Crippen molar-refractivity contribution in [1.29, 1.82) is 0 Å². The van der Waals surface area contributed by atoms with Crippen molar-refractivity contribution < 1.29 is 53.4 Å². The third-order valence-electron chi connectivity index (χ3n) is 5.97. The van der Waals surface area contributed by atoms with Gasteiger partial charge >= 0.3 is 24.2 Å². The number of nitrogens with two attached hydrogens (primary N) is 1. The number of rotatable bonds is 8. The lowest BCUT2D eigenvalue weighted by Crippen LogP contribution is -2.54. The molecule has 3 aromatic rings. The number of ether oxygens (including phenoxy) is 1. The number of amides is 1. The molecule has 1 fully saturated rings. The average molecular weight is 623 g/mol. The highest BCUT2D eigenvalue weighted by molar-refractivity contribution is 6.34. The Balaban J connectivity index is 1.67. The maximum Gasteiger partial charge on any atom is 0.460 e. The summed E-state index contributed by atoms with van der Waals surface area (Å²) in [6, 6.07) is 4.07. The summed E-state index contributed by atoms with van der Waals surface area (Å²) in [7, 11) is 0.895. The van der Waals surface area contributed by atoms with Crippen molar-refractivity contribution >= 4 is 17.5 Å².